The number of carbonyl (C=O) groups is 1. The molecule has 1 aromatic carbocycles. The number of aromatic amines is 1. The van der Waals surface area contributed by atoms with Crippen molar-refractivity contribution in [3.63, 3.8) is 0 Å². The topological polar surface area (TPSA) is 78.0 Å². The molecule has 23 heavy (non-hydrogen) atoms. The number of hydrogen-bond acceptors (Lipinski definition) is 3. The van der Waals surface area contributed by atoms with Gasteiger partial charge in [0, 0.05) is 11.3 Å². The van der Waals surface area contributed by atoms with E-state index in [0.29, 0.717) is 5.69 Å². The van der Waals surface area contributed by atoms with Gasteiger partial charge in [0.05, 0.1) is 17.8 Å². The fourth-order valence-corrected chi connectivity index (χ4v) is 3.06. The van der Waals surface area contributed by atoms with E-state index in [0.717, 1.165) is 36.1 Å². The van der Waals surface area contributed by atoms with Crippen molar-refractivity contribution < 1.29 is 9.90 Å². The van der Waals surface area contributed by atoms with Crippen LogP contribution in [0.15, 0.2) is 24.4 Å². The van der Waals surface area contributed by atoms with Gasteiger partial charge in [0.1, 0.15) is 5.75 Å². The van der Waals surface area contributed by atoms with Crippen LogP contribution in [0.25, 0.3) is 0 Å². The van der Waals surface area contributed by atoms with Gasteiger partial charge in [0.15, 0.2) is 0 Å². The molecular weight excluding hydrogens is 290 g/mol. The second-order valence-electron chi connectivity index (χ2n) is 7.22. The molecule has 0 spiro atoms. The number of phenols is 1. The lowest BCUT2D eigenvalue weighted by Gasteiger charge is -2.23. The number of fused-ring (bicyclic) bond motifs is 1. The second kappa shape index (κ2) is 5.72. The van der Waals surface area contributed by atoms with Crippen molar-refractivity contribution in [2.24, 2.45) is 0 Å². The summed E-state index contributed by atoms with van der Waals surface area (Å²) in [5.74, 6) is -0.210. The summed E-state index contributed by atoms with van der Waals surface area (Å²) in [6.45, 7) is 6.30. The van der Waals surface area contributed by atoms with E-state index in [1.807, 2.05) is 12.1 Å². The van der Waals surface area contributed by atoms with Crippen molar-refractivity contribution in [1.82, 2.24) is 10.2 Å². The minimum Gasteiger partial charge on any atom is -0.506 e. The number of nitrogens with zero attached hydrogens (tertiary/aromatic N) is 1. The molecule has 1 aliphatic carbocycles. The number of carbonyl (C=O) groups excluding carboxylic acids is 1. The van der Waals surface area contributed by atoms with Crippen LogP contribution < -0.4 is 5.32 Å². The smallest absolute Gasteiger partial charge is 0.232 e. The summed E-state index contributed by atoms with van der Waals surface area (Å²) in [5.41, 5.74) is 3.51. The number of benzene rings is 1. The van der Waals surface area contributed by atoms with Crippen LogP contribution in [-0.2, 0) is 16.6 Å². The lowest BCUT2D eigenvalue weighted by molar-refractivity contribution is -0.117. The molecular formula is C18H23N3O2. The number of aryl methyl sites for hydroxylation is 1. The highest BCUT2D eigenvalue weighted by atomic mass is 16.3. The van der Waals surface area contributed by atoms with E-state index in [4.69, 9.17) is 0 Å². The van der Waals surface area contributed by atoms with Crippen molar-refractivity contribution in [2.75, 3.05) is 5.32 Å². The van der Waals surface area contributed by atoms with E-state index in [9.17, 15) is 9.90 Å². The molecule has 1 aliphatic rings. The number of aromatic hydroxyl groups is 1. The minimum atomic E-state index is -0.213. The molecule has 1 amide bonds. The van der Waals surface area contributed by atoms with Gasteiger partial charge in [-0.3, -0.25) is 9.89 Å². The van der Waals surface area contributed by atoms with E-state index in [1.165, 1.54) is 0 Å². The Balaban J connectivity index is 1.84. The van der Waals surface area contributed by atoms with Crippen molar-refractivity contribution in [1.29, 1.82) is 0 Å². The van der Waals surface area contributed by atoms with Gasteiger partial charge in [0.25, 0.3) is 0 Å². The Kier molecular flexibility index (Phi) is 3.88. The number of phenolic OH excluding ortho intramolecular Hbond substituents is 1. The molecule has 0 fully saturated rings. The molecule has 1 atom stereocenters. The lowest BCUT2D eigenvalue weighted by Crippen LogP contribution is -2.24. The highest BCUT2D eigenvalue weighted by molar-refractivity contribution is 5.97. The normalized spacial score (nSPS) is 17.6. The van der Waals surface area contributed by atoms with Crippen LogP contribution in [0.3, 0.4) is 0 Å². The Bertz CT molecular complexity index is 728. The first-order valence-electron chi connectivity index (χ1n) is 8.03. The average Bonchev–Trinajstić information content (AvgIpc) is 2.96. The number of amides is 1. The monoisotopic (exact) mass is 313 g/mol. The molecule has 0 aliphatic heterocycles. The Morgan fingerprint density at radius 2 is 2.17 bits per heavy atom. The zero-order valence-corrected chi connectivity index (χ0v) is 13.8. The van der Waals surface area contributed by atoms with E-state index in [2.05, 4.69) is 36.3 Å². The van der Waals surface area contributed by atoms with Crippen LogP contribution in [0, 0.1) is 0 Å². The minimum absolute atomic E-state index is 0.0459. The first-order chi connectivity index (χ1) is 10.9. The Hall–Kier alpha value is -2.30. The maximum atomic E-state index is 12.7. The quantitative estimate of drug-likeness (QED) is 0.743. The van der Waals surface area contributed by atoms with E-state index in [1.54, 1.807) is 12.3 Å². The largest absolute Gasteiger partial charge is 0.506 e. The summed E-state index contributed by atoms with van der Waals surface area (Å²) in [6.07, 6.45) is 4.44. The molecule has 1 unspecified atom stereocenters. The summed E-state index contributed by atoms with van der Waals surface area (Å²) in [4.78, 5) is 12.7. The van der Waals surface area contributed by atoms with Crippen LogP contribution in [0.2, 0.25) is 0 Å². The summed E-state index contributed by atoms with van der Waals surface area (Å²) in [7, 11) is 0. The van der Waals surface area contributed by atoms with Crippen LogP contribution in [0.4, 0.5) is 5.69 Å². The van der Waals surface area contributed by atoms with Gasteiger partial charge in [-0.2, -0.15) is 5.10 Å². The number of anilines is 1. The summed E-state index contributed by atoms with van der Waals surface area (Å²) >= 11 is 0. The molecule has 0 radical (unpaired) electrons. The molecule has 122 valence electrons. The molecule has 3 N–H and O–H groups in total. The van der Waals surface area contributed by atoms with Crippen LogP contribution >= 0.6 is 0 Å². The van der Waals surface area contributed by atoms with Crippen LogP contribution in [0.1, 0.15) is 56.4 Å². The highest BCUT2D eigenvalue weighted by Gasteiger charge is 2.28. The molecule has 1 heterocycles. The standard InChI is InChI=1S/C18H23N3O2/c1-18(2,3)11-7-8-16(22)15(9-11)20-17(23)12-5-4-6-14-13(12)10-19-21-14/h7-10,12,22H,4-6H2,1-3H3,(H,19,21)(H,20,23). The molecule has 0 saturated carbocycles. The Morgan fingerprint density at radius 1 is 1.39 bits per heavy atom. The number of H-pyrrole nitrogens is 1. The predicted octanol–water partition coefficient (Wildman–Crippen LogP) is 3.47. The maximum Gasteiger partial charge on any atom is 0.232 e. The third-order valence-corrected chi connectivity index (χ3v) is 4.48. The predicted molar refractivity (Wildman–Crippen MR) is 89.7 cm³/mol. The molecule has 2 aromatic rings. The molecule has 3 rings (SSSR count). The SMILES string of the molecule is CC(C)(C)c1ccc(O)c(NC(=O)C2CCCc3[nH]ncc32)c1. The van der Waals surface area contributed by atoms with E-state index >= 15 is 0 Å². The summed E-state index contributed by atoms with van der Waals surface area (Å²) in [5, 5.41) is 20.0. The Labute approximate surface area is 136 Å². The fraction of sp³-hybridized carbons (Fsp3) is 0.444. The zero-order chi connectivity index (χ0) is 16.6. The first kappa shape index (κ1) is 15.6. The van der Waals surface area contributed by atoms with Gasteiger partial charge >= 0.3 is 0 Å². The Morgan fingerprint density at radius 3 is 2.91 bits per heavy atom. The number of nitrogens with one attached hydrogen (secondary N) is 2. The van der Waals surface area contributed by atoms with Gasteiger partial charge in [-0.1, -0.05) is 26.8 Å². The molecule has 0 saturated heterocycles. The maximum absolute atomic E-state index is 12.7. The van der Waals surface area contributed by atoms with E-state index < -0.39 is 0 Å². The fourth-order valence-electron chi connectivity index (χ4n) is 3.06. The second-order valence-corrected chi connectivity index (χ2v) is 7.22. The summed E-state index contributed by atoms with van der Waals surface area (Å²) < 4.78 is 0. The summed E-state index contributed by atoms with van der Waals surface area (Å²) in [6, 6.07) is 5.38. The van der Waals surface area contributed by atoms with Crippen molar-refractivity contribution >= 4 is 11.6 Å². The van der Waals surface area contributed by atoms with Gasteiger partial charge in [-0.15, -0.1) is 0 Å². The van der Waals surface area contributed by atoms with Gasteiger partial charge in [-0.25, -0.2) is 0 Å². The van der Waals surface area contributed by atoms with Gasteiger partial charge < -0.3 is 10.4 Å². The van der Waals surface area contributed by atoms with Crippen molar-refractivity contribution in [2.45, 2.75) is 51.4 Å². The molecule has 5 nitrogen and oxygen atoms in total. The zero-order valence-electron chi connectivity index (χ0n) is 13.8. The third-order valence-electron chi connectivity index (χ3n) is 4.48. The lowest BCUT2D eigenvalue weighted by atomic mass is 9.85. The van der Waals surface area contributed by atoms with Gasteiger partial charge in [-0.05, 0) is 42.4 Å². The number of rotatable bonds is 2. The molecule has 5 heteroatoms. The van der Waals surface area contributed by atoms with Crippen LogP contribution in [0.5, 0.6) is 5.75 Å². The first-order valence-corrected chi connectivity index (χ1v) is 8.03. The highest BCUT2D eigenvalue weighted by Crippen LogP contribution is 2.34. The number of aromatic nitrogens is 2. The average molecular weight is 313 g/mol. The number of hydrogen-bond donors (Lipinski definition) is 3. The molecule has 0 bridgehead atoms. The van der Waals surface area contributed by atoms with E-state index in [-0.39, 0.29) is 23.0 Å². The van der Waals surface area contributed by atoms with Gasteiger partial charge in [0.2, 0.25) is 5.91 Å². The van der Waals surface area contributed by atoms with Crippen molar-refractivity contribution in [3.05, 3.63) is 41.2 Å². The van der Waals surface area contributed by atoms with Crippen LogP contribution in [-0.4, -0.2) is 21.2 Å². The molecule has 1 aromatic heterocycles. The van der Waals surface area contributed by atoms with Crippen molar-refractivity contribution in [3.8, 4) is 5.75 Å². The third kappa shape index (κ3) is 3.09.